The van der Waals surface area contributed by atoms with Gasteiger partial charge in [-0.2, -0.15) is 0 Å². The fourth-order valence-electron chi connectivity index (χ4n) is 3.22. The fraction of sp³-hybridized carbons (Fsp3) is 0.500. The van der Waals surface area contributed by atoms with E-state index in [1.807, 2.05) is 51.1 Å². The van der Waals surface area contributed by atoms with Crippen molar-refractivity contribution in [3.63, 3.8) is 0 Å². The third-order valence-electron chi connectivity index (χ3n) is 4.20. The number of rotatable bonds is 2. The fourth-order valence-corrected chi connectivity index (χ4v) is 3.22. The molecule has 2 amide bonds. The van der Waals surface area contributed by atoms with Crippen LogP contribution in [0.4, 0.5) is 0 Å². The maximum atomic E-state index is 12.4. The van der Waals surface area contributed by atoms with Gasteiger partial charge in [0.25, 0.3) is 0 Å². The SMILES string of the molecule is CCC1(c2ccccc2)C(=O)NC(=O)CC1(C)C.CN.Cl. The minimum absolute atomic E-state index is 0. The van der Waals surface area contributed by atoms with Crippen molar-refractivity contribution in [1.29, 1.82) is 0 Å². The first-order valence-corrected chi connectivity index (χ1v) is 6.91. The molecule has 0 aromatic heterocycles. The number of amides is 2. The third kappa shape index (κ3) is 3.27. The van der Waals surface area contributed by atoms with Crippen molar-refractivity contribution in [2.24, 2.45) is 11.1 Å². The number of halogens is 1. The van der Waals surface area contributed by atoms with Gasteiger partial charge >= 0.3 is 0 Å². The normalized spacial score (nSPS) is 23.3. The molecule has 21 heavy (non-hydrogen) atoms. The van der Waals surface area contributed by atoms with Gasteiger partial charge in [0.05, 0.1) is 5.41 Å². The van der Waals surface area contributed by atoms with Crippen LogP contribution in [-0.2, 0) is 15.0 Å². The second-order valence-electron chi connectivity index (χ2n) is 5.56. The maximum Gasteiger partial charge on any atom is 0.237 e. The van der Waals surface area contributed by atoms with Crippen LogP contribution in [0.25, 0.3) is 0 Å². The Balaban J connectivity index is 0.00000128. The number of benzene rings is 1. The summed E-state index contributed by atoms with van der Waals surface area (Å²) in [5, 5.41) is 2.50. The molecule has 1 saturated heterocycles. The monoisotopic (exact) mass is 312 g/mol. The van der Waals surface area contributed by atoms with E-state index < -0.39 is 5.41 Å². The van der Waals surface area contributed by atoms with Gasteiger partial charge in [0.1, 0.15) is 0 Å². The second kappa shape index (κ2) is 7.57. The zero-order valence-electron chi connectivity index (χ0n) is 13.1. The van der Waals surface area contributed by atoms with Gasteiger partial charge in [0, 0.05) is 6.42 Å². The summed E-state index contributed by atoms with van der Waals surface area (Å²) in [7, 11) is 1.50. The summed E-state index contributed by atoms with van der Waals surface area (Å²) < 4.78 is 0. The first kappa shape index (κ1) is 19.6. The van der Waals surface area contributed by atoms with Gasteiger partial charge in [0.15, 0.2) is 0 Å². The zero-order valence-corrected chi connectivity index (χ0v) is 13.9. The standard InChI is InChI=1S/C15H19NO2.CH5N.ClH/c1-4-15(11-8-6-5-7-9-11)13(18)16-12(17)10-14(15,2)3;1-2;/h5-9H,4,10H2,1-3H3,(H,16,17,18);2H2,1H3;1H. The summed E-state index contributed by atoms with van der Waals surface area (Å²) in [5.41, 5.74) is 4.49. The molecule has 118 valence electrons. The topological polar surface area (TPSA) is 72.2 Å². The van der Waals surface area contributed by atoms with Gasteiger partial charge in [-0.15, -0.1) is 12.4 Å². The first-order valence-electron chi connectivity index (χ1n) is 6.91. The number of hydrogen-bond donors (Lipinski definition) is 2. The Bertz CT molecular complexity index is 488. The summed E-state index contributed by atoms with van der Waals surface area (Å²) >= 11 is 0. The summed E-state index contributed by atoms with van der Waals surface area (Å²) in [4.78, 5) is 24.0. The van der Waals surface area contributed by atoms with E-state index in [2.05, 4.69) is 11.1 Å². The minimum atomic E-state index is -0.623. The summed E-state index contributed by atoms with van der Waals surface area (Å²) in [5.74, 6) is -0.345. The van der Waals surface area contributed by atoms with Gasteiger partial charge in [-0.25, -0.2) is 0 Å². The van der Waals surface area contributed by atoms with Crippen LogP contribution in [-0.4, -0.2) is 18.9 Å². The summed E-state index contributed by atoms with van der Waals surface area (Å²) in [6, 6.07) is 9.76. The Kier molecular flexibility index (Phi) is 7.07. The molecule has 1 aromatic carbocycles. The molecule has 1 fully saturated rings. The molecule has 0 saturated carbocycles. The Morgan fingerprint density at radius 2 is 1.67 bits per heavy atom. The number of hydrogen-bond acceptors (Lipinski definition) is 3. The largest absolute Gasteiger partial charge is 0.333 e. The van der Waals surface area contributed by atoms with Crippen LogP contribution in [0.15, 0.2) is 30.3 Å². The Labute approximate surface area is 132 Å². The molecule has 1 heterocycles. The van der Waals surface area contributed by atoms with Gasteiger partial charge in [-0.3, -0.25) is 14.9 Å². The second-order valence-corrected chi connectivity index (χ2v) is 5.56. The van der Waals surface area contributed by atoms with Crippen LogP contribution in [0, 0.1) is 5.41 Å². The van der Waals surface area contributed by atoms with Crippen LogP contribution in [0.2, 0.25) is 0 Å². The molecule has 1 aliphatic heterocycles. The van der Waals surface area contributed by atoms with Crippen LogP contribution in [0.1, 0.15) is 39.2 Å². The number of nitrogens with one attached hydrogen (secondary N) is 1. The molecule has 1 atom stereocenters. The molecule has 1 aromatic rings. The molecule has 0 aliphatic carbocycles. The van der Waals surface area contributed by atoms with Crippen molar-refractivity contribution < 1.29 is 9.59 Å². The lowest BCUT2D eigenvalue weighted by Crippen LogP contribution is -2.60. The lowest BCUT2D eigenvalue weighted by Gasteiger charge is -2.48. The number of nitrogens with two attached hydrogens (primary N) is 1. The molecule has 5 heteroatoms. The number of imide groups is 1. The Morgan fingerprint density at radius 1 is 1.14 bits per heavy atom. The number of piperidine rings is 1. The minimum Gasteiger partial charge on any atom is -0.333 e. The van der Waals surface area contributed by atoms with E-state index in [9.17, 15) is 9.59 Å². The van der Waals surface area contributed by atoms with Crippen molar-refractivity contribution in [1.82, 2.24) is 5.32 Å². The lowest BCUT2D eigenvalue weighted by atomic mass is 9.56. The molecule has 3 N–H and O–H groups in total. The Morgan fingerprint density at radius 3 is 2.10 bits per heavy atom. The summed E-state index contributed by atoms with van der Waals surface area (Å²) in [6.45, 7) is 6.00. The van der Waals surface area contributed by atoms with Crippen molar-refractivity contribution in [2.75, 3.05) is 7.05 Å². The smallest absolute Gasteiger partial charge is 0.237 e. The van der Waals surface area contributed by atoms with Gasteiger partial charge in [-0.1, -0.05) is 51.1 Å². The van der Waals surface area contributed by atoms with Crippen molar-refractivity contribution in [3.8, 4) is 0 Å². The number of carbonyl (C=O) groups excluding carboxylic acids is 2. The number of carbonyl (C=O) groups is 2. The molecule has 0 bridgehead atoms. The van der Waals surface area contributed by atoms with Crippen LogP contribution < -0.4 is 11.1 Å². The lowest BCUT2D eigenvalue weighted by molar-refractivity contribution is -0.145. The summed E-state index contributed by atoms with van der Waals surface area (Å²) in [6.07, 6.45) is 1.06. The highest BCUT2D eigenvalue weighted by Gasteiger charge is 2.54. The van der Waals surface area contributed by atoms with E-state index >= 15 is 0 Å². The van der Waals surface area contributed by atoms with E-state index in [4.69, 9.17) is 0 Å². The molecular weight excluding hydrogens is 288 g/mol. The Hall–Kier alpha value is -1.39. The van der Waals surface area contributed by atoms with Crippen molar-refractivity contribution >= 4 is 24.2 Å². The molecule has 1 unspecified atom stereocenters. The average molecular weight is 313 g/mol. The van der Waals surface area contributed by atoms with Crippen LogP contribution in [0.5, 0.6) is 0 Å². The predicted molar refractivity (Wildman–Crippen MR) is 87.3 cm³/mol. The van der Waals surface area contributed by atoms with Crippen molar-refractivity contribution in [3.05, 3.63) is 35.9 Å². The van der Waals surface area contributed by atoms with Gasteiger partial charge in [0.2, 0.25) is 11.8 Å². The van der Waals surface area contributed by atoms with E-state index in [0.717, 1.165) is 5.56 Å². The van der Waals surface area contributed by atoms with E-state index in [1.54, 1.807) is 0 Å². The zero-order chi connectivity index (χ0) is 15.4. The molecular formula is C16H25ClN2O2. The first-order chi connectivity index (χ1) is 9.44. The van der Waals surface area contributed by atoms with E-state index in [1.165, 1.54) is 7.05 Å². The molecule has 1 aliphatic rings. The predicted octanol–water partition coefficient (Wildman–Crippen LogP) is 2.40. The van der Waals surface area contributed by atoms with Gasteiger partial charge in [-0.05, 0) is 24.4 Å². The quantitative estimate of drug-likeness (QED) is 0.824. The average Bonchev–Trinajstić information content (AvgIpc) is 2.41. The highest BCUT2D eigenvalue weighted by molar-refractivity contribution is 6.04. The highest BCUT2D eigenvalue weighted by Crippen LogP contribution is 2.48. The highest BCUT2D eigenvalue weighted by atomic mass is 35.5. The molecule has 2 rings (SSSR count). The maximum absolute atomic E-state index is 12.4. The van der Waals surface area contributed by atoms with Crippen LogP contribution >= 0.6 is 12.4 Å². The van der Waals surface area contributed by atoms with Gasteiger partial charge < -0.3 is 5.73 Å². The molecule has 0 spiro atoms. The molecule has 4 nitrogen and oxygen atoms in total. The molecule has 0 radical (unpaired) electrons. The van der Waals surface area contributed by atoms with E-state index in [-0.39, 0.29) is 29.6 Å². The van der Waals surface area contributed by atoms with E-state index in [0.29, 0.717) is 12.8 Å². The van der Waals surface area contributed by atoms with Crippen molar-refractivity contribution in [2.45, 2.75) is 39.0 Å². The van der Waals surface area contributed by atoms with Crippen LogP contribution in [0.3, 0.4) is 0 Å². The third-order valence-corrected chi connectivity index (χ3v) is 4.20.